The second kappa shape index (κ2) is 8.17. The number of nitrogens with zero attached hydrogens (tertiary/aromatic N) is 2. The van der Waals surface area contributed by atoms with Crippen LogP contribution in [0.15, 0.2) is 41.4 Å². The van der Waals surface area contributed by atoms with E-state index in [4.69, 9.17) is 0 Å². The lowest BCUT2D eigenvalue weighted by atomic mass is 9.85. The molecule has 1 aliphatic rings. The van der Waals surface area contributed by atoms with Gasteiger partial charge in [-0.3, -0.25) is 9.48 Å². The lowest BCUT2D eigenvalue weighted by Gasteiger charge is -2.35. The number of amides is 1. The molecule has 1 aliphatic carbocycles. The van der Waals surface area contributed by atoms with E-state index in [-0.39, 0.29) is 31.0 Å². The van der Waals surface area contributed by atoms with Gasteiger partial charge in [0.15, 0.2) is 9.84 Å². The lowest BCUT2D eigenvalue weighted by Crippen LogP contribution is -2.42. The van der Waals surface area contributed by atoms with Crippen LogP contribution < -0.4 is 5.32 Å². The number of hydrogen-bond acceptors (Lipinski definition) is 4. The molecule has 3 rings (SSSR count). The summed E-state index contributed by atoms with van der Waals surface area (Å²) in [5.41, 5.74) is -1.35. The Bertz CT molecular complexity index is 1060. The highest BCUT2D eigenvalue weighted by Gasteiger charge is 2.41. The van der Waals surface area contributed by atoms with Crippen molar-refractivity contribution in [2.45, 2.75) is 41.9 Å². The minimum Gasteiger partial charge on any atom is -0.350 e. The SMILES string of the molecule is O=C(NCC1CC(S(=O)(=O)c2cccc(C(F)(F)F)c2)C1)c1ccnn1CC(F)(F)F. The first kappa shape index (κ1) is 23.1. The van der Waals surface area contributed by atoms with E-state index in [1.54, 1.807) is 0 Å². The molecule has 13 heteroatoms. The second-order valence-corrected chi connectivity index (χ2v) is 9.46. The molecule has 1 N–H and O–H groups in total. The topological polar surface area (TPSA) is 81.1 Å². The van der Waals surface area contributed by atoms with Gasteiger partial charge in [0.1, 0.15) is 12.2 Å². The zero-order valence-corrected chi connectivity index (χ0v) is 16.6. The summed E-state index contributed by atoms with van der Waals surface area (Å²) in [6, 6.07) is 4.62. The van der Waals surface area contributed by atoms with Crippen LogP contribution in [0.1, 0.15) is 28.9 Å². The summed E-state index contributed by atoms with van der Waals surface area (Å²) < 4.78 is 102. The molecule has 1 fully saturated rings. The van der Waals surface area contributed by atoms with Gasteiger partial charge in [-0.1, -0.05) is 6.07 Å². The highest BCUT2D eigenvalue weighted by Crippen LogP contribution is 2.37. The van der Waals surface area contributed by atoms with Crippen molar-refractivity contribution in [3.63, 3.8) is 0 Å². The number of carbonyl (C=O) groups is 1. The molecule has 1 aromatic carbocycles. The third-order valence-electron chi connectivity index (χ3n) is 4.95. The monoisotopic (exact) mass is 469 g/mol. The van der Waals surface area contributed by atoms with Crippen LogP contribution in [0.4, 0.5) is 26.3 Å². The van der Waals surface area contributed by atoms with Crippen LogP contribution in [0, 0.1) is 5.92 Å². The van der Waals surface area contributed by atoms with Crippen LogP contribution in [-0.2, 0) is 22.6 Å². The number of alkyl halides is 6. The van der Waals surface area contributed by atoms with Gasteiger partial charge in [-0.25, -0.2) is 8.42 Å². The van der Waals surface area contributed by atoms with Crippen molar-refractivity contribution in [3.8, 4) is 0 Å². The maximum Gasteiger partial charge on any atom is 0.416 e. The van der Waals surface area contributed by atoms with Gasteiger partial charge in [0, 0.05) is 12.7 Å². The highest BCUT2D eigenvalue weighted by atomic mass is 32.2. The molecule has 1 aromatic heterocycles. The Balaban J connectivity index is 1.56. The summed E-state index contributed by atoms with van der Waals surface area (Å²) in [6.45, 7) is -1.41. The molecule has 0 aliphatic heterocycles. The molecule has 0 radical (unpaired) electrons. The van der Waals surface area contributed by atoms with Crippen molar-refractivity contribution < 1.29 is 39.6 Å². The molecule has 1 saturated carbocycles. The summed E-state index contributed by atoms with van der Waals surface area (Å²) in [4.78, 5) is 11.7. The fourth-order valence-electron chi connectivity index (χ4n) is 3.29. The van der Waals surface area contributed by atoms with Crippen molar-refractivity contribution >= 4 is 15.7 Å². The van der Waals surface area contributed by atoms with Gasteiger partial charge in [-0.15, -0.1) is 0 Å². The quantitative estimate of drug-likeness (QED) is 0.658. The Morgan fingerprint density at radius 2 is 1.81 bits per heavy atom. The number of aromatic nitrogens is 2. The second-order valence-electron chi connectivity index (χ2n) is 7.23. The minimum absolute atomic E-state index is 0.0185. The van der Waals surface area contributed by atoms with E-state index in [0.29, 0.717) is 10.7 Å². The predicted molar refractivity (Wildman–Crippen MR) is 95.8 cm³/mol. The number of nitrogens with one attached hydrogen (secondary N) is 1. The van der Waals surface area contributed by atoms with Gasteiger partial charge in [0.2, 0.25) is 0 Å². The van der Waals surface area contributed by atoms with E-state index in [9.17, 15) is 39.6 Å². The Labute approximate surface area is 173 Å². The van der Waals surface area contributed by atoms with E-state index < -0.39 is 50.4 Å². The number of rotatable bonds is 6. The van der Waals surface area contributed by atoms with Crippen molar-refractivity contribution in [1.82, 2.24) is 15.1 Å². The molecule has 1 amide bonds. The van der Waals surface area contributed by atoms with Gasteiger partial charge in [-0.05, 0) is 43.0 Å². The van der Waals surface area contributed by atoms with Crippen molar-refractivity contribution in [2.24, 2.45) is 5.92 Å². The Hall–Kier alpha value is -2.57. The third-order valence-corrected chi connectivity index (χ3v) is 7.12. The number of benzene rings is 1. The van der Waals surface area contributed by atoms with Crippen LogP contribution in [-0.4, -0.2) is 42.1 Å². The first-order valence-corrected chi connectivity index (χ1v) is 10.6. The summed E-state index contributed by atoms with van der Waals surface area (Å²) in [5, 5.41) is 5.01. The van der Waals surface area contributed by atoms with Gasteiger partial charge in [0.25, 0.3) is 5.91 Å². The summed E-state index contributed by atoms with van der Waals surface area (Å²) >= 11 is 0. The van der Waals surface area contributed by atoms with Gasteiger partial charge < -0.3 is 5.32 Å². The molecule has 0 unspecified atom stereocenters. The Morgan fingerprint density at radius 3 is 2.42 bits per heavy atom. The van der Waals surface area contributed by atoms with Crippen molar-refractivity contribution in [1.29, 1.82) is 0 Å². The lowest BCUT2D eigenvalue weighted by molar-refractivity contribution is -0.142. The Kier molecular flexibility index (Phi) is 6.09. The largest absolute Gasteiger partial charge is 0.416 e. The van der Waals surface area contributed by atoms with Crippen LogP contribution in [0.5, 0.6) is 0 Å². The maximum absolute atomic E-state index is 12.8. The van der Waals surface area contributed by atoms with Crippen molar-refractivity contribution in [2.75, 3.05) is 6.54 Å². The van der Waals surface area contributed by atoms with E-state index in [1.165, 1.54) is 0 Å². The predicted octanol–water partition coefficient (Wildman–Crippen LogP) is 3.45. The van der Waals surface area contributed by atoms with E-state index in [1.807, 2.05) is 0 Å². The molecule has 170 valence electrons. The zero-order chi connectivity index (χ0) is 23.0. The summed E-state index contributed by atoms with van der Waals surface area (Å²) in [5.74, 6) is -1.06. The first-order valence-electron chi connectivity index (χ1n) is 9.05. The molecule has 0 saturated heterocycles. The van der Waals surface area contributed by atoms with E-state index in [0.717, 1.165) is 30.5 Å². The molecular weight excluding hydrogens is 452 g/mol. The molecule has 0 atom stereocenters. The van der Waals surface area contributed by atoms with E-state index in [2.05, 4.69) is 10.4 Å². The van der Waals surface area contributed by atoms with Crippen LogP contribution in [0.3, 0.4) is 0 Å². The minimum atomic E-state index is -4.67. The smallest absolute Gasteiger partial charge is 0.350 e. The van der Waals surface area contributed by atoms with Crippen molar-refractivity contribution in [3.05, 3.63) is 47.8 Å². The van der Waals surface area contributed by atoms with Crippen LogP contribution in [0.2, 0.25) is 0 Å². The standard InChI is InChI=1S/C18H17F6N3O3S/c19-17(20,21)10-27-15(4-5-26-27)16(28)25-9-11-6-14(7-11)31(29,30)13-3-1-2-12(8-13)18(22,23)24/h1-5,8,11,14H,6-7,9-10H2,(H,25,28). The maximum atomic E-state index is 12.8. The first-order chi connectivity index (χ1) is 14.3. The molecule has 6 nitrogen and oxygen atoms in total. The number of sulfone groups is 1. The normalized spacial score (nSPS) is 19.7. The summed E-state index contributed by atoms with van der Waals surface area (Å²) in [7, 11) is -3.98. The fraction of sp³-hybridized carbons (Fsp3) is 0.444. The fourth-order valence-corrected chi connectivity index (χ4v) is 5.28. The average Bonchev–Trinajstić information content (AvgIpc) is 3.05. The van der Waals surface area contributed by atoms with Gasteiger partial charge in [0.05, 0.1) is 15.7 Å². The number of hydrogen-bond donors (Lipinski definition) is 1. The molecular formula is C18H17F6N3O3S. The zero-order valence-electron chi connectivity index (χ0n) is 15.7. The Morgan fingerprint density at radius 1 is 1.13 bits per heavy atom. The van der Waals surface area contributed by atoms with Gasteiger partial charge >= 0.3 is 12.4 Å². The van der Waals surface area contributed by atoms with E-state index >= 15 is 0 Å². The third kappa shape index (κ3) is 5.38. The molecule has 2 aromatic rings. The molecule has 0 bridgehead atoms. The highest BCUT2D eigenvalue weighted by molar-refractivity contribution is 7.92. The molecule has 0 spiro atoms. The van der Waals surface area contributed by atoms with Crippen LogP contribution >= 0.6 is 0 Å². The molecule has 1 heterocycles. The number of carbonyl (C=O) groups excluding carboxylic acids is 1. The average molecular weight is 469 g/mol. The summed E-state index contributed by atoms with van der Waals surface area (Å²) in [6.07, 6.45) is -7.94. The van der Waals surface area contributed by atoms with Gasteiger partial charge in [-0.2, -0.15) is 31.4 Å². The number of halogens is 6. The molecule has 31 heavy (non-hydrogen) atoms. The van der Waals surface area contributed by atoms with Crippen LogP contribution in [0.25, 0.3) is 0 Å².